The SMILES string of the molecule is Nc1cc(Cl)c(Cl)cc1Oc1ncc(Br)cc1C(F)(F)F. The third kappa shape index (κ3) is 3.72. The number of alkyl halides is 3. The Balaban J connectivity index is 2.47. The molecule has 9 heteroatoms. The maximum Gasteiger partial charge on any atom is 0.421 e. The van der Waals surface area contributed by atoms with E-state index in [0.29, 0.717) is 0 Å². The lowest BCUT2D eigenvalue weighted by Gasteiger charge is -2.14. The van der Waals surface area contributed by atoms with E-state index in [1.807, 2.05) is 0 Å². The van der Waals surface area contributed by atoms with Crippen LogP contribution in [0.3, 0.4) is 0 Å². The van der Waals surface area contributed by atoms with Gasteiger partial charge in [-0.05, 0) is 28.1 Å². The first-order valence-corrected chi connectivity index (χ1v) is 6.88. The smallest absolute Gasteiger partial charge is 0.421 e. The number of pyridine rings is 1. The lowest BCUT2D eigenvalue weighted by atomic mass is 10.2. The maximum absolute atomic E-state index is 13.0. The van der Waals surface area contributed by atoms with E-state index in [0.717, 1.165) is 6.07 Å². The number of ether oxygens (including phenoxy) is 1. The molecule has 0 unspecified atom stereocenters. The highest BCUT2D eigenvalue weighted by atomic mass is 79.9. The average molecular weight is 402 g/mol. The summed E-state index contributed by atoms with van der Waals surface area (Å²) in [5.41, 5.74) is 4.65. The van der Waals surface area contributed by atoms with Crippen LogP contribution in [0.5, 0.6) is 11.6 Å². The summed E-state index contributed by atoms with van der Waals surface area (Å²) >= 11 is 14.5. The minimum atomic E-state index is -4.63. The Hall–Kier alpha value is -1.18. The largest absolute Gasteiger partial charge is 0.436 e. The molecule has 0 amide bonds. The molecule has 0 saturated carbocycles. The molecule has 0 fully saturated rings. The van der Waals surface area contributed by atoms with E-state index in [4.69, 9.17) is 33.7 Å². The zero-order valence-corrected chi connectivity index (χ0v) is 13.1. The van der Waals surface area contributed by atoms with E-state index >= 15 is 0 Å². The van der Waals surface area contributed by atoms with E-state index in [2.05, 4.69) is 20.9 Å². The van der Waals surface area contributed by atoms with Crippen molar-refractivity contribution in [1.82, 2.24) is 4.98 Å². The number of nitrogens with two attached hydrogens (primary N) is 1. The van der Waals surface area contributed by atoms with Crippen LogP contribution in [-0.2, 0) is 6.18 Å². The van der Waals surface area contributed by atoms with Gasteiger partial charge in [-0.3, -0.25) is 0 Å². The second-order valence-electron chi connectivity index (χ2n) is 3.91. The van der Waals surface area contributed by atoms with E-state index in [1.165, 1.54) is 18.3 Å². The van der Waals surface area contributed by atoms with Gasteiger partial charge in [0.25, 0.3) is 0 Å². The molecule has 0 atom stereocenters. The molecule has 0 saturated heterocycles. The predicted octanol–water partition coefficient (Wildman–Crippen LogP) is 5.54. The molecule has 0 aliphatic rings. The van der Waals surface area contributed by atoms with Crippen molar-refractivity contribution in [3.63, 3.8) is 0 Å². The molecule has 2 rings (SSSR count). The molecule has 2 aromatic rings. The van der Waals surface area contributed by atoms with Gasteiger partial charge in [-0.2, -0.15) is 13.2 Å². The molecule has 0 radical (unpaired) electrons. The number of nitrogen functional groups attached to an aromatic ring is 1. The average Bonchev–Trinajstić information content (AvgIpc) is 2.36. The number of hydrogen-bond acceptors (Lipinski definition) is 3. The van der Waals surface area contributed by atoms with E-state index in [1.54, 1.807) is 0 Å². The van der Waals surface area contributed by atoms with Gasteiger partial charge in [0.2, 0.25) is 5.88 Å². The van der Waals surface area contributed by atoms with Crippen molar-refractivity contribution < 1.29 is 17.9 Å². The molecule has 2 N–H and O–H groups in total. The molecule has 1 aromatic heterocycles. The van der Waals surface area contributed by atoms with E-state index in [-0.39, 0.29) is 26.0 Å². The standard InChI is InChI=1S/C12H6BrCl2F3N2O/c13-5-1-6(12(16,17)18)11(20-4-5)21-10-3-8(15)7(14)2-9(10)19/h1-4H,19H2. The highest BCUT2D eigenvalue weighted by molar-refractivity contribution is 9.10. The van der Waals surface area contributed by atoms with Gasteiger partial charge < -0.3 is 10.5 Å². The maximum atomic E-state index is 13.0. The molecule has 21 heavy (non-hydrogen) atoms. The fraction of sp³-hybridized carbons (Fsp3) is 0.0833. The number of aromatic nitrogens is 1. The van der Waals surface area contributed by atoms with Crippen LogP contribution in [0.4, 0.5) is 18.9 Å². The van der Waals surface area contributed by atoms with Crippen LogP contribution in [0, 0.1) is 0 Å². The molecule has 0 spiro atoms. The monoisotopic (exact) mass is 400 g/mol. The van der Waals surface area contributed by atoms with Crippen LogP contribution in [-0.4, -0.2) is 4.98 Å². The predicted molar refractivity (Wildman–Crippen MR) is 77.9 cm³/mol. The summed E-state index contributed by atoms with van der Waals surface area (Å²) in [5.74, 6) is -0.694. The first-order chi connectivity index (χ1) is 9.68. The molecule has 1 aromatic carbocycles. The van der Waals surface area contributed by atoms with Crippen molar-refractivity contribution >= 4 is 44.8 Å². The second-order valence-corrected chi connectivity index (χ2v) is 5.64. The fourth-order valence-electron chi connectivity index (χ4n) is 1.45. The Morgan fingerprint density at radius 2 is 1.76 bits per heavy atom. The highest BCUT2D eigenvalue weighted by Crippen LogP contribution is 2.40. The molecule has 0 bridgehead atoms. The van der Waals surface area contributed by atoms with E-state index < -0.39 is 17.6 Å². The molecular formula is C12H6BrCl2F3N2O. The highest BCUT2D eigenvalue weighted by Gasteiger charge is 2.36. The molecule has 0 aliphatic carbocycles. The third-order valence-corrected chi connectivity index (χ3v) is 3.54. The van der Waals surface area contributed by atoms with Crippen LogP contribution in [0.25, 0.3) is 0 Å². The van der Waals surface area contributed by atoms with Crippen molar-refractivity contribution in [1.29, 1.82) is 0 Å². The summed E-state index contributed by atoms with van der Waals surface area (Å²) in [5, 5.41) is 0.271. The first-order valence-electron chi connectivity index (χ1n) is 5.33. The van der Waals surface area contributed by atoms with Crippen molar-refractivity contribution in [2.75, 3.05) is 5.73 Å². The summed E-state index contributed by atoms with van der Waals surface area (Å²) in [6, 6.07) is 3.37. The van der Waals surface area contributed by atoms with Gasteiger partial charge >= 0.3 is 6.18 Å². The number of anilines is 1. The van der Waals surface area contributed by atoms with Crippen molar-refractivity contribution in [2.45, 2.75) is 6.18 Å². The van der Waals surface area contributed by atoms with Crippen molar-refractivity contribution in [3.05, 3.63) is 44.5 Å². The van der Waals surface area contributed by atoms with Crippen molar-refractivity contribution in [2.24, 2.45) is 0 Å². The Bertz CT molecular complexity index is 695. The van der Waals surface area contributed by atoms with Gasteiger partial charge in [0.15, 0.2) is 5.75 Å². The minimum absolute atomic E-state index is 0.0437. The van der Waals surface area contributed by atoms with E-state index in [9.17, 15) is 13.2 Å². The van der Waals surface area contributed by atoms with Gasteiger partial charge in [0.1, 0.15) is 5.56 Å². The second kappa shape index (κ2) is 5.90. The van der Waals surface area contributed by atoms with Gasteiger partial charge in [-0.25, -0.2) is 4.98 Å². The summed E-state index contributed by atoms with van der Waals surface area (Å²) in [7, 11) is 0. The lowest BCUT2D eigenvalue weighted by molar-refractivity contribution is -0.138. The number of halogens is 6. The lowest BCUT2D eigenvalue weighted by Crippen LogP contribution is -2.09. The zero-order valence-electron chi connectivity index (χ0n) is 10.0. The van der Waals surface area contributed by atoms with Gasteiger partial charge in [-0.15, -0.1) is 0 Å². The van der Waals surface area contributed by atoms with Crippen LogP contribution in [0.1, 0.15) is 5.56 Å². The number of benzene rings is 1. The molecule has 112 valence electrons. The molecule has 1 heterocycles. The normalized spacial score (nSPS) is 11.5. The van der Waals surface area contributed by atoms with Crippen LogP contribution in [0.15, 0.2) is 28.9 Å². The third-order valence-electron chi connectivity index (χ3n) is 2.38. The Morgan fingerprint density at radius 3 is 2.38 bits per heavy atom. The number of rotatable bonds is 2. The van der Waals surface area contributed by atoms with Crippen LogP contribution in [0.2, 0.25) is 10.0 Å². The van der Waals surface area contributed by atoms with Crippen molar-refractivity contribution in [3.8, 4) is 11.6 Å². The van der Waals surface area contributed by atoms with Gasteiger partial charge in [0.05, 0.1) is 15.7 Å². The minimum Gasteiger partial charge on any atom is -0.436 e. The first kappa shape index (κ1) is 16.2. The molecule has 3 nitrogen and oxygen atoms in total. The number of nitrogens with zero attached hydrogens (tertiary/aromatic N) is 1. The Morgan fingerprint density at radius 1 is 1.14 bits per heavy atom. The quantitative estimate of drug-likeness (QED) is 0.671. The molecule has 0 aliphatic heterocycles. The summed E-state index contributed by atoms with van der Waals surface area (Å²) in [4.78, 5) is 3.61. The van der Waals surface area contributed by atoms with Crippen LogP contribution < -0.4 is 10.5 Å². The van der Waals surface area contributed by atoms with Crippen LogP contribution >= 0.6 is 39.1 Å². The Kier molecular flexibility index (Phi) is 4.55. The van der Waals surface area contributed by atoms with Gasteiger partial charge in [0, 0.05) is 16.7 Å². The summed E-state index contributed by atoms with van der Waals surface area (Å²) in [6.07, 6.45) is -3.45. The fourth-order valence-corrected chi connectivity index (χ4v) is 2.10. The topological polar surface area (TPSA) is 48.1 Å². The molecular weight excluding hydrogens is 396 g/mol. The summed E-state index contributed by atoms with van der Waals surface area (Å²) < 4.78 is 44.2. The number of hydrogen-bond donors (Lipinski definition) is 1. The zero-order chi connectivity index (χ0) is 15.8. The Labute approximate surface area is 135 Å². The summed E-state index contributed by atoms with van der Waals surface area (Å²) in [6.45, 7) is 0. The van der Waals surface area contributed by atoms with Gasteiger partial charge in [-0.1, -0.05) is 23.2 Å².